The Morgan fingerprint density at radius 1 is 0.830 bits per heavy atom. The van der Waals surface area contributed by atoms with Crippen molar-refractivity contribution in [1.29, 1.82) is 0 Å². The van der Waals surface area contributed by atoms with Crippen LogP contribution in [0.25, 0.3) is 0 Å². The highest BCUT2D eigenvalue weighted by molar-refractivity contribution is 7.92. The van der Waals surface area contributed by atoms with Gasteiger partial charge in [0.25, 0.3) is 5.91 Å². The predicted octanol–water partition coefficient (Wildman–Crippen LogP) is 4.55. The Kier molecular flexibility index (Phi) is 11.1. The molecule has 5 atom stereocenters. The van der Waals surface area contributed by atoms with Crippen LogP contribution in [-0.2, 0) is 29.0 Å². The van der Waals surface area contributed by atoms with E-state index in [2.05, 4.69) is 35.1 Å². The summed E-state index contributed by atoms with van der Waals surface area (Å²) in [5.74, 6) is -1.74. The van der Waals surface area contributed by atoms with Gasteiger partial charge in [0, 0.05) is 12.6 Å². The van der Waals surface area contributed by atoms with Gasteiger partial charge in [-0.05, 0) is 101 Å². The van der Waals surface area contributed by atoms with E-state index in [0.717, 1.165) is 83.5 Å². The van der Waals surface area contributed by atoms with Gasteiger partial charge in [0.2, 0.25) is 17.6 Å². The summed E-state index contributed by atoms with van der Waals surface area (Å²) in [4.78, 5) is 71.4. The molecule has 0 spiro atoms. The number of rotatable bonds is 14. The fourth-order valence-electron chi connectivity index (χ4n) is 9.66. The lowest BCUT2D eigenvalue weighted by atomic mass is 9.70. The molecule has 1 heterocycles. The molecule has 53 heavy (non-hydrogen) atoms. The number of carbonyl (C=O) groups excluding carboxylic acids is 5. The first-order chi connectivity index (χ1) is 24.8. The third-order valence-corrected chi connectivity index (χ3v) is 16.7. The lowest BCUT2D eigenvalue weighted by Crippen LogP contribution is -2.65. The van der Waals surface area contributed by atoms with Crippen molar-refractivity contribution in [3.8, 4) is 0 Å². The normalized spacial score (nSPS) is 28.5. The number of hydrogen-bond acceptors (Lipinski definition) is 7. The molecule has 0 radical (unpaired) electrons. The molecule has 0 aromatic heterocycles. The Morgan fingerprint density at radius 2 is 1.43 bits per heavy atom. The van der Waals surface area contributed by atoms with Gasteiger partial charge in [-0.2, -0.15) is 0 Å². The van der Waals surface area contributed by atoms with E-state index in [-0.39, 0.29) is 35.0 Å². The Balaban J connectivity index is 1.23. The van der Waals surface area contributed by atoms with Crippen molar-refractivity contribution in [2.75, 3.05) is 12.3 Å². The summed E-state index contributed by atoms with van der Waals surface area (Å²) in [6, 6.07) is -3.28. The molecule has 13 heteroatoms. The van der Waals surface area contributed by atoms with Crippen molar-refractivity contribution < 1.29 is 32.4 Å². The smallest absolute Gasteiger partial charge is 0.315 e. The van der Waals surface area contributed by atoms with Crippen LogP contribution in [0.3, 0.4) is 0 Å². The number of carbonyl (C=O) groups is 5. The van der Waals surface area contributed by atoms with Gasteiger partial charge in [0.1, 0.15) is 12.1 Å². The van der Waals surface area contributed by atoms with Gasteiger partial charge in [-0.1, -0.05) is 72.1 Å². The third-order valence-electron chi connectivity index (χ3n) is 13.9. The molecule has 298 valence electrons. The van der Waals surface area contributed by atoms with Crippen molar-refractivity contribution in [1.82, 2.24) is 26.2 Å². The van der Waals surface area contributed by atoms with Gasteiger partial charge in [-0.3, -0.25) is 19.2 Å². The lowest BCUT2D eigenvalue weighted by Gasteiger charge is -2.44. The second-order valence-corrected chi connectivity index (χ2v) is 22.3. The molecular weight excluding hydrogens is 695 g/mol. The number of Topliss-reactive ketones (excluding diaryl/α,β-unsaturated/α-hetero) is 1. The van der Waals surface area contributed by atoms with Crippen LogP contribution in [0, 0.1) is 28.6 Å². The van der Waals surface area contributed by atoms with Crippen molar-refractivity contribution in [2.45, 2.75) is 179 Å². The van der Waals surface area contributed by atoms with E-state index in [0.29, 0.717) is 31.7 Å². The maximum absolute atomic E-state index is 15.0. The van der Waals surface area contributed by atoms with Crippen LogP contribution in [0.1, 0.15) is 144 Å². The van der Waals surface area contributed by atoms with Gasteiger partial charge in [-0.25, -0.2) is 13.2 Å². The van der Waals surface area contributed by atoms with Crippen molar-refractivity contribution in [2.24, 2.45) is 28.6 Å². The summed E-state index contributed by atoms with van der Waals surface area (Å²) < 4.78 is 26.0. The Hall–Kier alpha value is -2.70. The Bertz CT molecular complexity index is 1550. The molecule has 0 aromatic carbocycles. The minimum absolute atomic E-state index is 0.0147. The molecule has 0 aromatic rings. The first kappa shape index (κ1) is 40.0. The van der Waals surface area contributed by atoms with Gasteiger partial charge >= 0.3 is 6.03 Å². The second-order valence-electron chi connectivity index (χ2n) is 19.5. The van der Waals surface area contributed by atoms with Crippen LogP contribution >= 0.6 is 0 Å². The summed E-state index contributed by atoms with van der Waals surface area (Å²) in [6.45, 7) is 11.6. The standard InChI is InChI=1S/C40H65N5O7S/c1-37(2,3)53(51,52)24-40(21-11-8-12-22-40)44-36(50)43-32(39(6)19-9-7-10-20-39)35(49)45-23-27-29(38(27,4)5)30(45)33(47)42-28(18-15-25-13-14-25)31(46)34(48)41-26-16-17-26/h25-30,32H,7-24H2,1-6H3,(H,41,48)(H,42,47)(H2,43,44,50)/t27-,28-,29?,30-,32+/m0/s1. The fourth-order valence-corrected chi connectivity index (χ4v) is 11.2. The van der Waals surface area contributed by atoms with E-state index in [1.54, 1.807) is 25.7 Å². The number of urea groups is 1. The van der Waals surface area contributed by atoms with Crippen LogP contribution in [0.5, 0.6) is 0 Å². The zero-order valence-corrected chi connectivity index (χ0v) is 33.8. The molecule has 6 aliphatic rings. The zero-order valence-electron chi connectivity index (χ0n) is 33.0. The average Bonchev–Trinajstić information content (AvgIpc) is 4.04. The number of sulfone groups is 1. The molecule has 5 aliphatic carbocycles. The van der Waals surface area contributed by atoms with E-state index < -0.39 is 67.3 Å². The first-order valence-corrected chi connectivity index (χ1v) is 22.2. The van der Waals surface area contributed by atoms with Crippen molar-refractivity contribution in [3.63, 3.8) is 0 Å². The summed E-state index contributed by atoms with van der Waals surface area (Å²) in [5.41, 5.74) is -1.70. The summed E-state index contributed by atoms with van der Waals surface area (Å²) in [6.07, 6.45) is 12.9. The molecule has 6 rings (SSSR count). The van der Waals surface area contributed by atoms with E-state index in [1.807, 2.05) is 6.92 Å². The summed E-state index contributed by atoms with van der Waals surface area (Å²) in [5, 5.41) is 11.9. The number of nitrogens with zero attached hydrogens (tertiary/aromatic N) is 1. The summed E-state index contributed by atoms with van der Waals surface area (Å²) in [7, 11) is -3.56. The van der Waals surface area contributed by atoms with E-state index in [1.165, 1.54) is 0 Å². The Labute approximate surface area is 316 Å². The van der Waals surface area contributed by atoms with Crippen LogP contribution < -0.4 is 21.3 Å². The monoisotopic (exact) mass is 759 g/mol. The first-order valence-electron chi connectivity index (χ1n) is 20.5. The highest BCUT2D eigenvalue weighted by atomic mass is 32.2. The average molecular weight is 760 g/mol. The third kappa shape index (κ3) is 8.75. The number of hydrogen-bond donors (Lipinski definition) is 4. The lowest BCUT2D eigenvalue weighted by molar-refractivity contribution is -0.146. The number of piperidine rings is 1. The molecule has 5 saturated carbocycles. The molecular formula is C40H65N5O7S. The van der Waals surface area contributed by atoms with E-state index >= 15 is 0 Å². The molecule has 5 amide bonds. The topological polar surface area (TPSA) is 171 Å². The number of ketones is 1. The largest absolute Gasteiger partial charge is 0.347 e. The second kappa shape index (κ2) is 14.8. The van der Waals surface area contributed by atoms with Gasteiger partial charge in [-0.15, -0.1) is 0 Å². The minimum atomic E-state index is -3.56. The maximum atomic E-state index is 15.0. The molecule has 1 aliphatic heterocycles. The Morgan fingerprint density at radius 3 is 2.00 bits per heavy atom. The number of fused-ring (bicyclic) bond motifs is 1. The number of likely N-dealkylation sites (tertiary alicyclic amines) is 1. The fraction of sp³-hybridized carbons (Fsp3) is 0.875. The molecule has 0 bridgehead atoms. The highest BCUT2D eigenvalue weighted by Crippen LogP contribution is 2.65. The van der Waals surface area contributed by atoms with Crippen LogP contribution in [0.4, 0.5) is 4.79 Å². The van der Waals surface area contributed by atoms with Crippen LogP contribution in [0.2, 0.25) is 0 Å². The van der Waals surface area contributed by atoms with E-state index in [9.17, 15) is 32.4 Å². The molecule has 12 nitrogen and oxygen atoms in total. The molecule has 6 fully saturated rings. The summed E-state index contributed by atoms with van der Waals surface area (Å²) >= 11 is 0. The van der Waals surface area contributed by atoms with Crippen molar-refractivity contribution in [3.05, 3.63) is 0 Å². The van der Waals surface area contributed by atoms with Gasteiger partial charge in [0.05, 0.1) is 22.1 Å². The van der Waals surface area contributed by atoms with Crippen molar-refractivity contribution >= 4 is 39.4 Å². The predicted molar refractivity (Wildman–Crippen MR) is 202 cm³/mol. The zero-order chi connectivity index (χ0) is 38.6. The van der Waals surface area contributed by atoms with Crippen LogP contribution in [-0.4, -0.2) is 89.6 Å². The molecule has 4 N–H and O–H groups in total. The number of nitrogens with one attached hydrogen (secondary N) is 4. The molecule has 1 unspecified atom stereocenters. The maximum Gasteiger partial charge on any atom is 0.315 e. The van der Waals surface area contributed by atoms with Crippen LogP contribution in [0.15, 0.2) is 0 Å². The number of amides is 5. The quantitative estimate of drug-likeness (QED) is 0.188. The van der Waals surface area contributed by atoms with Gasteiger partial charge in [0.15, 0.2) is 9.84 Å². The SMILES string of the molecule is CC1([C@H](NC(=O)NC2(CS(=O)(=O)C(C)(C)C)CCCCC2)C(=O)N2C[C@H]3C([C@H]2C(=O)N[C@@H](CCC2CC2)C(=O)C(=O)NC2CC2)C3(C)C)CCCCC1. The van der Waals surface area contributed by atoms with E-state index in [4.69, 9.17) is 0 Å². The highest BCUT2D eigenvalue weighted by Gasteiger charge is 2.70. The molecule has 1 saturated heterocycles. The van der Waals surface area contributed by atoms with Gasteiger partial charge < -0.3 is 26.2 Å². The minimum Gasteiger partial charge on any atom is -0.347 e.